The highest BCUT2D eigenvalue weighted by Crippen LogP contribution is 2.35. The van der Waals surface area contributed by atoms with Crippen LogP contribution in [0.4, 0.5) is 13.2 Å². The van der Waals surface area contributed by atoms with Crippen molar-refractivity contribution in [3.8, 4) is 11.4 Å². The molecule has 0 aliphatic carbocycles. The Morgan fingerprint density at radius 3 is 2.60 bits per heavy atom. The van der Waals surface area contributed by atoms with Crippen molar-refractivity contribution < 1.29 is 13.2 Å². The number of halogens is 3. The predicted molar refractivity (Wildman–Crippen MR) is 66.5 cm³/mol. The Morgan fingerprint density at radius 2 is 1.90 bits per heavy atom. The molecule has 0 atom stereocenters. The largest absolute Gasteiger partial charge is 0.417 e. The Balaban J connectivity index is 2.35. The Bertz CT molecular complexity index is 564. The van der Waals surface area contributed by atoms with Crippen LogP contribution in [0.25, 0.3) is 11.4 Å². The van der Waals surface area contributed by atoms with Crippen LogP contribution in [0.15, 0.2) is 24.3 Å². The molecule has 0 fully saturated rings. The fourth-order valence-electron chi connectivity index (χ4n) is 1.88. The number of nitrogens with two attached hydrogens (primary N) is 1. The molecule has 0 radical (unpaired) electrons. The first kappa shape index (κ1) is 14.4. The second-order valence-electron chi connectivity index (χ2n) is 4.26. The summed E-state index contributed by atoms with van der Waals surface area (Å²) in [5.74, 6) is 0.120. The summed E-state index contributed by atoms with van der Waals surface area (Å²) in [6.07, 6.45) is -2.96. The molecule has 0 amide bonds. The molecule has 0 spiro atoms. The van der Waals surface area contributed by atoms with E-state index in [2.05, 4.69) is 15.5 Å². The van der Waals surface area contributed by atoms with Crippen molar-refractivity contribution in [2.45, 2.75) is 25.6 Å². The summed E-state index contributed by atoms with van der Waals surface area (Å²) < 4.78 is 40.3. The molecule has 2 rings (SSSR count). The van der Waals surface area contributed by atoms with Crippen LogP contribution in [0, 0.1) is 0 Å². The topological polar surface area (TPSA) is 69.6 Å². The quantitative estimate of drug-likeness (QED) is 0.854. The van der Waals surface area contributed by atoms with Gasteiger partial charge in [-0.25, -0.2) is 4.68 Å². The summed E-state index contributed by atoms with van der Waals surface area (Å²) in [4.78, 5) is 0. The van der Waals surface area contributed by atoms with Gasteiger partial charge in [0.25, 0.3) is 0 Å². The van der Waals surface area contributed by atoms with E-state index >= 15 is 0 Å². The minimum absolute atomic E-state index is 0.0160. The lowest BCUT2D eigenvalue weighted by atomic mass is 10.1. The van der Waals surface area contributed by atoms with Crippen LogP contribution in [-0.4, -0.2) is 26.8 Å². The van der Waals surface area contributed by atoms with E-state index < -0.39 is 11.7 Å². The Hall–Kier alpha value is -1.96. The molecule has 2 aromatic rings. The Labute approximate surface area is 113 Å². The molecule has 5 nitrogen and oxygen atoms in total. The molecule has 1 aromatic heterocycles. The van der Waals surface area contributed by atoms with E-state index in [4.69, 9.17) is 5.73 Å². The van der Waals surface area contributed by atoms with E-state index in [0.29, 0.717) is 19.5 Å². The molecule has 2 N–H and O–H groups in total. The number of hydrogen-bond donors (Lipinski definition) is 1. The number of nitrogens with zero attached hydrogens (tertiary/aromatic N) is 4. The summed E-state index contributed by atoms with van der Waals surface area (Å²) in [7, 11) is 0. The number of aryl methyl sites for hydroxylation is 1. The van der Waals surface area contributed by atoms with Gasteiger partial charge in [0.1, 0.15) is 0 Å². The number of unbranched alkanes of at least 4 members (excludes halogenated alkanes) is 1. The maximum atomic E-state index is 13.0. The van der Waals surface area contributed by atoms with Crippen LogP contribution < -0.4 is 5.73 Å². The van der Waals surface area contributed by atoms with Crippen LogP contribution >= 0.6 is 0 Å². The third-order valence-corrected chi connectivity index (χ3v) is 2.83. The lowest BCUT2D eigenvalue weighted by Crippen LogP contribution is -2.10. The van der Waals surface area contributed by atoms with E-state index in [0.717, 1.165) is 12.5 Å². The van der Waals surface area contributed by atoms with Gasteiger partial charge >= 0.3 is 6.18 Å². The van der Waals surface area contributed by atoms with Gasteiger partial charge in [-0.15, -0.1) is 5.10 Å². The van der Waals surface area contributed by atoms with Crippen molar-refractivity contribution in [1.82, 2.24) is 20.2 Å². The number of aromatic nitrogens is 4. The molecule has 108 valence electrons. The SMILES string of the molecule is NCCCCn1nnnc1-c1ccccc1C(F)(F)F. The normalized spacial score (nSPS) is 11.8. The van der Waals surface area contributed by atoms with Crippen molar-refractivity contribution in [3.63, 3.8) is 0 Å². The lowest BCUT2D eigenvalue weighted by Gasteiger charge is -2.12. The van der Waals surface area contributed by atoms with Gasteiger partial charge < -0.3 is 5.73 Å². The Morgan fingerprint density at radius 1 is 1.15 bits per heavy atom. The zero-order chi connectivity index (χ0) is 14.6. The first-order valence-corrected chi connectivity index (χ1v) is 6.17. The molecular formula is C12H14F3N5. The summed E-state index contributed by atoms with van der Waals surface area (Å²) in [6.45, 7) is 0.961. The highest BCUT2D eigenvalue weighted by molar-refractivity contribution is 5.60. The summed E-state index contributed by atoms with van der Waals surface area (Å²) >= 11 is 0. The molecule has 0 unspecified atom stereocenters. The molecule has 0 saturated carbocycles. The second-order valence-corrected chi connectivity index (χ2v) is 4.26. The Kier molecular flexibility index (Phi) is 4.33. The lowest BCUT2D eigenvalue weighted by molar-refractivity contribution is -0.137. The zero-order valence-electron chi connectivity index (χ0n) is 10.6. The highest BCUT2D eigenvalue weighted by Gasteiger charge is 2.34. The monoisotopic (exact) mass is 285 g/mol. The van der Waals surface area contributed by atoms with Gasteiger partial charge in [0.05, 0.1) is 5.56 Å². The predicted octanol–water partition coefficient (Wildman–Crippen LogP) is 2.10. The first-order chi connectivity index (χ1) is 9.54. The fraction of sp³-hybridized carbons (Fsp3) is 0.417. The van der Waals surface area contributed by atoms with Crippen LogP contribution in [-0.2, 0) is 12.7 Å². The van der Waals surface area contributed by atoms with Crippen LogP contribution in [0.2, 0.25) is 0 Å². The van der Waals surface area contributed by atoms with Gasteiger partial charge in [-0.05, 0) is 35.9 Å². The van der Waals surface area contributed by atoms with E-state index in [1.807, 2.05) is 0 Å². The average molecular weight is 285 g/mol. The molecule has 1 aromatic carbocycles. The minimum atomic E-state index is -4.44. The second kappa shape index (κ2) is 6.00. The summed E-state index contributed by atoms with van der Waals surface area (Å²) in [6, 6.07) is 5.26. The molecule has 0 aliphatic rings. The van der Waals surface area contributed by atoms with Crippen molar-refractivity contribution in [3.05, 3.63) is 29.8 Å². The number of tetrazole rings is 1. The van der Waals surface area contributed by atoms with E-state index in [-0.39, 0.29) is 11.4 Å². The van der Waals surface area contributed by atoms with E-state index in [1.54, 1.807) is 0 Å². The van der Waals surface area contributed by atoms with Gasteiger partial charge in [-0.3, -0.25) is 0 Å². The van der Waals surface area contributed by atoms with Crippen LogP contribution in [0.1, 0.15) is 18.4 Å². The third kappa shape index (κ3) is 3.13. The van der Waals surface area contributed by atoms with Crippen LogP contribution in [0.3, 0.4) is 0 Å². The fourth-order valence-corrected chi connectivity index (χ4v) is 1.88. The molecule has 8 heteroatoms. The van der Waals surface area contributed by atoms with E-state index in [9.17, 15) is 13.2 Å². The van der Waals surface area contributed by atoms with Gasteiger partial charge in [0.2, 0.25) is 0 Å². The van der Waals surface area contributed by atoms with Gasteiger partial charge in [-0.2, -0.15) is 13.2 Å². The van der Waals surface area contributed by atoms with Crippen LogP contribution in [0.5, 0.6) is 0 Å². The zero-order valence-corrected chi connectivity index (χ0v) is 10.6. The number of alkyl halides is 3. The van der Waals surface area contributed by atoms with Gasteiger partial charge in [0.15, 0.2) is 5.82 Å². The number of hydrogen-bond acceptors (Lipinski definition) is 4. The molecule has 20 heavy (non-hydrogen) atoms. The maximum Gasteiger partial charge on any atom is 0.417 e. The maximum absolute atomic E-state index is 13.0. The molecule has 0 saturated heterocycles. The molecule has 1 heterocycles. The van der Waals surface area contributed by atoms with Gasteiger partial charge in [0, 0.05) is 12.1 Å². The average Bonchev–Trinajstić information content (AvgIpc) is 2.86. The smallest absolute Gasteiger partial charge is 0.330 e. The number of rotatable bonds is 5. The highest BCUT2D eigenvalue weighted by atomic mass is 19.4. The van der Waals surface area contributed by atoms with Crippen molar-refractivity contribution in [2.75, 3.05) is 6.54 Å². The summed E-state index contributed by atoms with van der Waals surface area (Å²) in [5, 5.41) is 10.9. The molecule has 0 bridgehead atoms. The van der Waals surface area contributed by atoms with Crippen molar-refractivity contribution >= 4 is 0 Å². The van der Waals surface area contributed by atoms with Gasteiger partial charge in [-0.1, -0.05) is 18.2 Å². The van der Waals surface area contributed by atoms with Crippen molar-refractivity contribution in [1.29, 1.82) is 0 Å². The van der Waals surface area contributed by atoms with Crippen molar-refractivity contribution in [2.24, 2.45) is 5.73 Å². The minimum Gasteiger partial charge on any atom is -0.330 e. The number of benzene rings is 1. The van der Waals surface area contributed by atoms with E-state index in [1.165, 1.54) is 22.9 Å². The molecule has 0 aliphatic heterocycles. The standard InChI is InChI=1S/C12H14F3N5/c13-12(14,15)10-6-2-1-5-9(10)11-17-18-19-20(11)8-4-3-7-16/h1-2,5-6H,3-4,7-8,16H2. The third-order valence-electron chi connectivity index (χ3n) is 2.83. The molecular weight excluding hydrogens is 271 g/mol. The summed E-state index contributed by atoms with van der Waals surface area (Å²) in [5.41, 5.74) is 4.63. The first-order valence-electron chi connectivity index (χ1n) is 6.17.